The van der Waals surface area contributed by atoms with E-state index in [9.17, 15) is 9.59 Å². The zero-order chi connectivity index (χ0) is 14.8. The van der Waals surface area contributed by atoms with Crippen molar-refractivity contribution < 1.29 is 9.63 Å². The Morgan fingerprint density at radius 1 is 1.43 bits per heavy atom. The first-order chi connectivity index (χ1) is 10.2. The summed E-state index contributed by atoms with van der Waals surface area (Å²) >= 11 is 0. The van der Waals surface area contributed by atoms with Gasteiger partial charge in [0.2, 0.25) is 6.41 Å². The van der Waals surface area contributed by atoms with E-state index in [1.54, 1.807) is 13.1 Å². The van der Waals surface area contributed by atoms with Crippen LogP contribution in [0.1, 0.15) is 29.9 Å². The number of hydrogen-bond donors (Lipinski definition) is 1. The van der Waals surface area contributed by atoms with Crippen LogP contribution in [-0.2, 0) is 23.3 Å². The second-order valence-corrected chi connectivity index (χ2v) is 4.94. The Hall–Kier alpha value is -2.48. The van der Waals surface area contributed by atoms with Gasteiger partial charge in [-0.15, -0.1) is 0 Å². The summed E-state index contributed by atoms with van der Waals surface area (Å²) in [7, 11) is 1.54. The molecule has 1 aliphatic rings. The van der Waals surface area contributed by atoms with E-state index in [4.69, 9.17) is 4.84 Å². The van der Waals surface area contributed by atoms with Crippen LogP contribution in [0.4, 0.5) is 0 Å². The second kappa shape index (κ2) is 5.49. The van der Waals surface area contributed by atoms with Crippen molar-refractivity contribution in [3.05, 3.63) is 39.8 Å². The van der Waals surface area contributed by atoms with Gasteiger partial charge in [-0.2, -0.15) is 9.36 Å². The zero-order valence-corrected chi connectivity index (χ0v) is 11.5. The Labute approximate surface area is 120 Å². The number of hydroxylamine groups is 1. The van der Waals surface area contributed by atoms with Gasteiger partial charge in [0.15, 0.2) is 0 Å². The third kappa shape index (κ3) is 2.57. The Morgan fingerprint density at radius 3 is 2.86 bits per heavy atom. The van der Waals surface area contributed by atoms with E-state index in [0.717, 1.165) is 28.7 Å². The lowest BCUT2D eigenvalue weighted by Crippen LogP contribution is -2.23. The molecule has 1 N–H and O–H groups in total. The van der Waals surface area contributed by atoms with Gasteiger partial charge in [-0.25, -0.2) is 10.3 Å². The Balaban J connectivity index is 2.06. The standard InChI is InChI=1S/C13H15N5O3/c1-17-13(20)18(16-15-17)12-4-2-3-10(9-5-6-9)11(12)7-21-14-8-19/h2-4,8-9H,5-7H2,1H3,(H,14,19). The molecule has 0 aliphatic heterocycles. The molecule has 1 fully saturated rings. The molecule has 8 heteroatoms. The molecular formula is C13H15N5O3. The predicted octanol–water partition coefficient (Wildman–Crippen LogP) is 0.0210. The molecule has 1 heterocycles. The summed E-state index contributed by atoms with van der Waals surface area (Å²) in [4.78, 5) is 27.5. The number of nitrogens with zero attached hydrogens (tertiary/aromatic N) is 4. The molecule has 8 nitrogen and oxygen atoms in total. The van der Waals surface area contributed by atoms with Crippen molar-refractivity contribution in [1.29, 1.82) is 0 Å². The highest BCUT2D eigenvalue weighted by Gasteiger charge is 2.28. The largest absolute Gasteiger partial charge is 0.368 e. The maximum atomic E-state index is 12.0. The maximum absolute atomic E-state index is 12.0. The first-order valence-corrected chi connectivity index (χ1v) is 6.64. The fraction of sp³-hybridized carbons (Fsp3) is 0.385. The van der Waals surface area contributed by atoms with Crippen molar-refractivity contribution in [3.63, 3.8) is 0 Å². The Kier molecular flexibility index (Phi) is 3.53. The van der Waals surface area contributed by atoms with Crippen LogP contribution in [0.15, 0.2) is 23.0 Å². The first kappa shape index (κ1) is 13.5. The molecule has 110 valence electrons. The highest BCUT2D eigenvalue weighted by atomic mass is 16.6. The topological polar surface area (TPSA) is 91.0 Å². The normalized spacial score (nSPS) is 14.1. The first-order valence-electron chi connectivity index (χ1n) is 6.64. The van der Waals surface area contributed by atoms with Crippen LogP contribution in [0.3, 0.4) is 0 Å². The highest BCUT2D eigenvalue weighted by Crippen LogP contribution is 2.42. The van der Waals surface area contributed by atoms with Gasteiger partial charge < -0.3 is 0 Å². The van der Waals surface area contributed by atoms with Crippen LogP contribution < -0.4 is 11.2 Å². The summed E-state index contributed by atoms with van der Waals surface area (Å²) < 4.78 is 2.41. The van der Waals surface area contributed by atoms with Gasteiger partial charge in [0.1, 0.15) is 6.61 Å². The summed E-state index contributed by atoms with van der Waals surface area (Å²) in [5, 5.41) is 7.59. The molecule has 0 spiro atoms. The van der Waals surface area contributed by atoms with Crippen molar-refractivity contribution in [2.75, 3.05) is 0 Å². The number of amides is 1. The van der Waals surface area contributed by atoms with E-state index in [2.05, 4.69) is 15.9 Å². The minimum absolute atomic E-state index is 0.170. The number of carbonyl (C=O) groups excluding carboxylic acids is 1. The summed E-state index contributed by atoms with van der Waals surface area (Å²) in [5.74, 6) is 0.479. The highest BCUT2D eigenvalue weighted by molar-refractivity contribution is 5.48. The number of hydrogen-bond acceptors (Lipinski definition) is 5. The third-order valence-electron chi connectivity index (χ3n) is 3.50. The van der Waals surface area contributed by atoms with Gasteiger partial charge in [-0.1, -0.05) is 12.1 Å². The van der Waals surface area contributed by atoms with Gasteiger partial charge in [-0.3, -0.25) is 9.63 Å². The molecule has 0 atom stereocenters. The van der Waals surface area contributed by atoms with Crippen LogP contribution in [0.5, 0.6) is 0 Å². The van der Waals surface area contributed by atoms with Crippen LogP contribution in [0.2, 0.25) is 0 Å². The van der Waals surface area contributed by atoms with Crippen LogP contribution in [-0.4, -0.2) is 26.2 Å². The number of carbonyl (C=O) groups is 1. The number of nitrogens with one attached hydrogen (secondary N) is 1. The van der Waals surface area contributed by atoms with E-state index in [-0.39, 0.29) is 12.3 Å². The third-order valence-corrected chi connectivity index (χ3v) is 3.50. The van der Waals surface area contributed by atoms with Gasteiger partial charge in [0.25, 0.3) is 0 Å². The number of aromatic nitrogens is 4. The van der Waals surface area contributed by atoms with Crippen LogP contribution in [0.25, 0.3) is 5.69 Å². The number of rotatable bonds is 6. The maximum Gasteiger partial charge on any atom is 0.368 e. The molecule has 0 unspecified atom stereocenters. The molecule has 1 aromatic heterocycles. The van der Waals surface area contributed by atoms with Crippen LogP contribution >= 0.6 is 0 Å². The molecule has 2 aromatic rings. The molecule has 3 rings (SSSR count). The summed E-state index contributed by atoms with van der Waals surface area (Å²) in [6.45, 7) is 0.170. The number of aryl methyl sites for hydroxylation is 1. The van der Waals surface area contributed by atoms with Crippen molar-refractivity contribution in [3.8, 4) is 5.69 Å². The van der Waals surface area contributed by atoms with E-state index in [1.807, 2.05) is 12.1 Å². The molecular weight excluding hydrogens is 274 g/mol. The van der Waals surface area contributed by atoms with Gasteiger partial charge >= 0.3 is 5.69 Å². The smallest absolute Gasteiger partial charge is 0.277 e. The molecule has 1 aromatic carbocycles. The van der Waals surface area contributed by atoms with Gasteiger partial charge in [0, 0.05) is 12.6 Å². The lowest BCUT2D eigenvalue weighted by atomic mass is 10.0. The fourth-order valence-corrected chi connectivity index (χ4v) is 2.34. The molecule has 0 bridgehead atoms. The Morgan fingerprint density at radius 2 is 2.24 bits per heavy atom. The van der Waals surface area contributed by atoms with Gasteiger partial charge in [-0.05, 0) is 40.8 Å². The van der Waals surface area contributed by atoms with E-state index >= 15 is 0 Å². The summed E-state index contributed by atoms with van der Waals surface area (Å²) in [6.07, 6.45) is 2.70. The molecule has 1 saturated carbocycles. The zero-order valence-electron chi connectivity index (χ0n) is 11.5. The Bertz CT molecular complexity index is 717. The molecule has 1 aliphatic carbocycles. The molecule has 21 heavy (non-hydrogen) atoms. The minimum Gasteiger partial charge on any atom is -0.277 e. The average molecular weight is 289 g/mol. The predicted molar refractivity (Wildman–Crippen MR) is 72.6 cm³/mol. The molecule has 0 radical (unpaired) electrons. The molecule has 1 amide bonds. The second-order valence-electron chi connectivity index (χ2n) is 4.94. The quantitative estimate of drug-likeness (QED) is 0.460. The number of tetrazole rings is 1. The molecule has 0 saturated heterocycles. The summed E-state index contributed by atoms with van der Waals surface area (Å²) in [6, 6.07) is 5.70. The SMILES string of the molecule is Cn1nnn(-c2cccc(C3CC3)c2CONC=O)c1=O. The van der Waals surface area contributed by atoms with E-state index in [0.29, 0.717) is 18.0 Å². The fourth-order valence-electron chi connectivity index (χ4n) is 2.34. The van der Waals surface area contributed by atoms with Crippen molar-refractivity contribution in [2.45, 2.75) is 25.4 Å². The van der Waals surface area contributed by atoms with Crippen LogP contribution in [0, 0.1) is 0 Å². The number of benzene rings is 1. The van der Waals surface area contributed by atoms with Crippen molar-refractivity contribution in [1.82, 2.24) is 25.3 Å². The average Bonchev–Trinajstić information content (AvgIpc) is 3.28. The van der Waals surface area contributed by atoms with Gasteiger partial charge in [0.05, 0.1) is 5.69 Å². The van der Waals surface area contributed by atoms with E-state index < -0.39 is 0 Å². The monoisotopic (exact) mass is 289 g/mol. The minimum atomic E-state index is -0.326. The lowest BCUT2D eigenvalue weighted by molar-refractivity contribution is -0.121. The lowest BCUT2D eigenvalue weighted by Gasteiger charge is -2.13. The van der Waals surface area contributed by atoms with Crippen molar-refractivity contribution >= 4 is 6.41 Å². The van der Waals surface area contributed by atoms with E-state index in [1.165, 1.54) is 4.68 Å². The van der Waals surface area contributed by atoms with Crippen molar-refractivity contribution in [2.24, 2.45) is 7.05 Å². The summed E-state index contributed by atoms with van der Waals surface area (Å²) in [5.41, 5.74) is 4.44.